The van der Waals surface area contributed by atoms with Crippen LogP contribution in [0.4, 0.5) is 5.69 Å². The van der Waals surface area contributed by atoms with Crippen LogP contribution in [-0.4, -0.2) is 41.8 Å². The summed E-state index contributed by atoms with van der Waals surface area (Å²) in [5.41, 5.74) is 4.56. The van der Waals surface area contributed by atoms with Gasteiger partial charge in [0.1, 0.15) is 6.04 Å². The number of hydrazone groups is 1. The van der Waals surface area contributed by atoms with E-state index in [9.17, 15) is 10.1 Å². The lowest BCUT2D eigenvalue weighted by molar-refractivity contribution is -0.929. The second kappa shape index (κ2) is 9.53. The van der Waals surface area contributed by atoms with Crippen molar-refractivity contribution in [2.75, 3.05) is 26.2 Å². The molecule has 0 spiro atoms. The largest absolute Gasteiger partial charge is 0.322 e. The van der Waals surface area contributed by atoms with Crippen molar-refractivity contribution in [3.8, 4) is 0 Å². The summed E-state index contributed by atoms with van der Waals surface area (Å²) in [5, 5.41) is 17.8. The molecule has 1 aliphatic rings. The van der Waals surface area contributed by atoms with Gasteiger partial charge in [-0.25, -0.2) is 0 Å². The van der Waals surface area contributed by atoms with Gasteiger partial charge >= 0.3 is 0 Å². The van der Waals surface area contributed by atoms with Gasteiger partial charge < -0.3 is 4.90 Å². The smallest absolute Gasteiger partial charge is 0.269 e. The van der Waals surface area contributed by atoms with Gasteiger partial charge in [-0.15, -0.1) is 0 Å². The molecule has 31 heavy (non-hydrogen) atoms. The molecule has 0 atom stereocenters. The molecule has 158 valence electrons. The number of nitro benzene ring substituents is 1. The summed E-state index contributed by atoms with van der Waals surface area (Å²) in [6, 6.07) is 28.3. The third-order valence-corrected chi connectivity index (χ3v) is 5.84. The van der Waals surface area contributed by atoms with Crippen molar-refractivity contribution in [3.63, 3.8) is 0 Å². The number of nitrogens with zero attached hydrogens (tertiary/aromatic N) is 3. The number of hydrogen-bond donors (Lipinski definition) is 1. The quantitative estimate of drug-likeness (QED) is 0.382. The lowest BCUT2D eigenvalue weighted by Gasteiger charge is -2.36. The zero-order valence-electron chi connectivity index (χ0n) is 17.6. The van der Waals surface area contributed by atoms with Gasteiger partial charge in [0.05, 0.1) is 36.8 Å². The Kier molecular flexibility index (Phi) is 6.38. The number of quaternary nitrogens is 1. The van der Waals surface area contributed by atoms with Gasteiger partial charge in [0.2, 0.25) is 0 Å². The fraction of sp³-hybridized carbons (Fsp3) is 0.240. The first-order valence-electron chi connectivity index (χ1n) is 10.6. The highest BCUT2D eigenvalue weighted by atomic mass is 16.6. The Morgan fingerprint density at radius 2 is 1.42 bits per heavy atom. The number of rotatable bonds is 6. The van der Waals surface area contributed by atoms with Crippen molar-refractivity contribution >= 4 is 11.4 Å². The van der Waals surface area contributed by atoms with E-state index in [0.717, 1.165) is 37.5 Å². The second-order valence-corrected chi connectivity index (χ2v) is 7.86. The maximum absolute atomic E-state index is 10.9. The van der Waals surface area contributed by atoms with Crippen molar-refractivity contribution in [2.24, 2.45) is 5.10 Å². The molecule has 1 aliphatic heterocycles. The highest BCUT2D eigenvalue weighted by molar-refractivity contribution is 5.98. The Morgan fingerprint density at radius 3 is 1.90 bits per heavy atom. The van der Waals surface area contributed by atoms with Crippen LogP contribution in [0, 0.1) is 10.1 Å². The predicted octanol–water partition coefficient (Wildman–Crippen LogP) is 3.31. The molecule has 0 radical (unpaired) electrons. The van der Waals surface area contributed by atoms with Gasteiger partial charge in [-0.3, -0.25) is 15.1 Å². The molecular weight excluding hydrogens is 388 g/mol. The Labute approximate surface area is 182 Å². The monoisotopic (exact) mass is 415 g/mol. The van der Waals surface area contributed by atoms with Crippen LogP contribution in [0.5, 0.6) is 0 Å². The van der Waals surface area contributed by atoms with E-state index in [2.05, 4.69) is 65.7 Å². The van der Waals surface area contributed by atoms with E-state index in [1.165, 1.54) is 28.2 Å². The summed E-state index contributed by atoms with van der Waals surface area (Å²) in [5.74, 6) is 0. The summed E-state index contributed by atoms with van der Waals surface area (Å²) in [4.78, 5) is 12.0. The first kappa shape index (κ1) is 20.8. The molecule has 0 aromatic heterocycles. The SMILES string of the molecule is C/C(=N/N1CC[NH+](C(c2ccccc2)c2ccccc2)CC1)c1ccc([N+](=O)[O-])cc1. The lowest BCUT2D eigenvalue weighted by Crippen LogP contribution is -3.15. The van der Waals surface area contributed by atoms with Crippen LogP contribution in [0.15, 0.2) is 90.0 Å². The molecule has 4 rings (SSSR count). The molecular formula is C25H27N4O2+. The molecule has 1 saturated heterocycles. The van der Waals surface area contributed by atoms with Gasteiger partial charge in [0.25, 0.3) is 5.69 Å². The van der Waals surface area contributed by atoms with Crippen LogP contribution in [-0.2, 0) is 0 Å². The van der Waals surface area contributed by atoms with Crippen LogP contribution >= 0.6 is 0 Å². The fourth-order valence-electron chi connectivity index (χ4n) is 4.22. The molecule has 0 amide bonds. The van der Waals surface area contributed by atoms with Crippen LogP contribution in [0.1, 0.15) is 29.7 Å². The third kappa shape index (κ3) is 4.98. The number of benzene rings is 3. The van der Waals surface area contributed by atoms with E-state index < -0.39 is 0 Å². The number of hydrogen-bond acceptors (Lipinski definition) is 4. The van der Waals surface area contributed by atoms with E-state index in [-0.39, 0.29) is 10.6 Å². The van der Waals surface area contributed by atoms with Crippen molar-refractivity contribution < 1.29 is 9.82 Å². The van der Waals surface area contributed by atoms with Crippen molar-refractivity contribution in [1.29, 1.82) is 0 Å². The molecule has 0 saturated carbocycles. The number of nitrogens with one attached hydrogen (secondary N) is 1. The van der Waals surface area contributed by atoms with Crippen molar-refractivity contribution in [1.82, 2.24) is 5.01 Å². The van der Waals surface area contributed by atoms with E-state index in [1.54, 1.807) is 12.1 Å². The van der Waals surface area contributed by atoms with Crippen LogP contribution in [0.3, 0.4) is 0 Å². The Balaban J connectivity index is 1.46. The molecule has 1 heterocycles. The van der Waals surface area contributed by atoms with Crippen molar-refractivity contribution in [3.05, 3.63) is 112 Å². The zero-order valence-corrected chi connectivity index (χ0v) is 17.6. The summed E-state index contributed by atoms with van der Waals surface area (Å²) in [6.45, 7) is 5.68. The molecule has 1 fully saturated rings. The molecule has 6 nitrogen and oxygen atoms in total. The average molecular weight is 416 g/mol. The molecule has 3 aromatic rings. The second-order valence-electron chi connectivity index (χ2n) is 7.86. The molecule has 0 bridgehead atoms. The lowest BCUT2D eigenvalue weighted by atomic mass is 9.96. The van der Waals surface area contributed by atoms with Gasteiger partial charge in [0.15, 0.2) is 0 Å². The van der Waals surface area contributed by atoms with E-state index in [4.69, 9.17) is 5.10 Å². The predicted molar refractivity (Wildman–Crippen MR) is 122 cm³/mol. The highest BCUT2D eigenvalue weighted by Crippen LogP contribution is 2.19. The van der Waals surface area contributed by atoms with Gasteiger partial charge in [-0.05, 0) is 24.6 Å². The molecule has 1 N–H and O–H groups in total. The normalized spacial score (nSPS) is 15.3. The minimum absolute atomic E-state index is 0.0987. The Hall–Kier alpha value is -3.51. The van der Waals surface area contributed by atoms with E-state index in [1.807, 2.05) is 6.92 Å². The van der Waals surface area contributed by atoms with Gasteiger partial charge in [0, 0.05) is 23.3 Å². The summed E-state index contributed by atoms with van der Waals surface area (Å²) < 4.78 is 0. The minimum Gasteiger partial charge on any atom is -0.322 e. The standard InChI is InChI=1S/C25H26N4O2/c1-20(21-12-14-24(15-13-21)29(30)31)26-28-18-16-27(17-19-28)25(22-8-4-2-5-9-22)23-10-6-3-7-11-23/h2-15,25H,16-19H2,1H3/p+1/b26-20-. The number of nitro groups is 1. The number of piperazine rings is 1. The van der Waals surface area contributed by atoms with Crippen molar-refractivity contribution in [2.45, 2.75) is 13.0 Å². The summed E-state index contributed by atoms with van der Waals surface area (Å²) in [6.07, 6.45) is 0. The first-order valence-corrected chi connectivity index (χ1v) is 10.6. The maximum Gasteiger partial charge on any atom is 0.269 e. The molecule has 0 unspecified atom stereocenters. The highest BCUT2D eigenvalue weighted by Gasteiger charge is 2.29. The molecule has 6 heteroatoms. The third-order valence-electron chi connectivity index (χ3n) is 5.84. The van der Waals surface area contributed by atoms with Crippen LogP contribution in [0.2, 0.25) is 0 Å². The van der Waals surface area contributed by atoms with Crippen LogP contribution in [0.25, 0.3) is 0 Å². The van der Waals surface area contributed by atoms with E-state index in [0.29, 0.717) is 6.04 Å². The van der Waals surface area contributed by atoms with E-state index >= 15 is 0 Å². The number of non-ortho nitro benzene ring substituents is 1. The topological polar surface area (TPSA) is 63.2 Å². The molecule has 3 aromatic carbocycles. The average Bonchev–Trinajstić information content (AvgIpc) is 2.82. The zero-order chi connectivity index (χ0) is 21.6. The Bertz CT molecular complexity index is 989. The maximum atomic E-state index is 10.9. The summed E-state index contributed by atoms with van der Waals surface area (Å²) in [7, 11) is 0. The fourth-order valence-corrected chi connectivity index (χ4v) is 4.22. The minimum atomic E-state index is -0.381. The first-order chi connectivity index (χ1) is 15.1. The summed E-state index contributed by atoms with van der Waals surface area (Å²) >= 11 is 0. The Morgan fingerprint density at radius 1 is 0.903 bits per heavy atom. The van der Waals surface area contributed by atoms with Gasteiger partial charge in [-0.1, -0.05) is 60.7 Å². The van der Waals surface area contributed by atoms with Gasteiger partial charge in [-0.2, -0.15) is 5.10 Å². The molecule has 0 aliphatic carbocycles. The van der Waals surface area contributed by atoms with Crippen LogP contribution < -0.4 is 4.90 Å².